The van der Waals surface area contributed by atoms with Gasteiger partial charge in [0.05, 0.1) is 5.70 Å². The average molecular weight is 395 g/mol. The summed E-state index contributed by atoms with van der Waals surface area (Å²) in [5.41, 5.74) is 2.60. The highest BCUT2D eigenvalue weighted by Crippen LogP contribution is 2.24. The molecule has 1 heterocycles. The Bertz CT molecular complexity index is 808. The zero-order valence-electron chi connectivity index (χ0n) is 18.0. The Labute approximate surface area is 174 Å². The topological polar surface area (TPSA) is 63.2 Å². The number of ketones is 2. The smallest absolute Gasteiger partial charge is 0.248 e. The minimum atomic E-state index is -0.402. The lowest BCUT2D eigenvalue weighted by molar-refractivity contribution is -0.119. The van der Waals surface area contributed by atoms with E-state index in [0.717, 1.165) is 31.3 Å². The van der Waals surface area contributed by atoms with Gasteiger partial charge < -0.3 is 5.32 Å². The molecule has 2 rings (SSSR count). The molecule has 0 aromatic carbocycles. The fraction of sp³-hybridized carbons (Fsp3) is 0.440. The van der Waals surface area contributed by atoms with Crippen LogP contribution in [0.4, 0.5) is 0 Å². The average Bonchev–Trinajstić information content (AvgIpc) is 2.61. The number of rotatable bonds is 0. The summed E-state index contributed by atoms with van der Waals surface area (Å²) < 4.78 is 0. The van der Waals surface area contributed by atoms with E-state index >= 15 is 0 Å². The van der Waals surface area contributed by atoms with Crippen molar-refractivity contribution in [2.75, 3.05) is 0 Å². The van der Waals surface area contributed by atoms with Crippen molar-refractivity contribution >= 4 is 17.5 Å². The molecule has 1 radical (unpaired) electrons. The van der Waals surface area contributed by atoms with Crippen LogP contribution in [0.25, 0.3) is 0 Å². The fourth-order valence-corrected chi connectivity index (χ4v) is 3.70. The van der Waals surface area contributed by atoms with Gasteiger partial charge in [-0.1, -0.05) is 50.5 Å². The third kappa shape index (κ3) is 7.80. The van der Waals surface area contributed by atoms with Crippen molar-refractivity contribution < 1.29 is 14.4 Å². The highest BCUT2D eigenvalue weighted by molar-refractivity contribution is 6.21. The summed E-state index contributed by atoms with van der Waals surface area (Å²) in [6, 6.07) is 0. The first kappa shape index (κ1) is 22.8. The van der Waals surface area contributed by atoms with E-state index in [1.807, 2.05) is 19.1 Å². The van der Waals surface area contributed by atoms with Crippen molar-refractivity contribution in [2.45, 2.75) is 59.8 Å². The van der Waals surface area contributed by atoms with Gasteiger partial charge in [-0.3, -0.25) is 14.4 Å². The van der Waals surface area contributed by atoms with Gasteiger partial charge in [0.15, 0.2) is 5.78 Å². The van der Waals surface area contributed by atoms with E-state index in [1.165, 1.54) is 23.8 Å². The van der Waals surface area contributed by atoms with Crippen molar-refractivity contribution in [3.63, 3.8) is 0 Å². The maximum absolute atomic E-state index is 12.7. The largest absolute Gasteiger partial charge is 0.319 e. The zero-order valence-corrected chi connectivity index (χ0v) is 18.0. The van der Waals surface area contributed by atoms with Gasteiger partial charge >= 0.3 is 0 Å². The Morgan fingerprint density at radius 1 is 0.966 bits per heavy atom. The van der Waals surface area contributed by atoms with Gasteiger partial charge in [0.25, 0.3) is 0 Å². The van der Waals surface area contributed by atoms with Crippen molar-refractivity contribution in [3.8, 4) is 0 Å². The van der Waals surface area contributed by atoms with Crippen molar-refractivity contribution in [1.82, 2.24) is 5.32 Å². The van der Waals surface area contributed by atoms with Crippen LogP contribution < -0.4 is 5.32 Å². The molecule has 0 saturated heterocycles. The van der Waals surface area contributed by atoms with E-state index in [4.69, 9.17) is 0 Å². The summed E-state index contributed by atoms with van der Waals surface area (Å²) in [4.78, 5) is 37.0. The third-order valence-electron chi connectivity index (χ3n) is 5.18. The van der Waals surface area contributed by atoms with Gasteiger partial charge in [0.2, 0.25) is 11.7 Å². The monoisotopic (exact) mass is 394 g/mol. The zero-order chi connectivity index (χ0) is 21.4. The number of allylic oxidation sites excluding steroid dienone is 8. The summed E-state index contributed by atoms with van der Waals surface area (Å²) in [6.07, 6.45) is 16.9. The number of fused-ring (bicyclic) bond motifs is 2. The predicted octanol–water partition coefficient (Wildman–Crippen LogP) is 4.95. The molecule has 0 aromatic heterocycles. The molecular formula is C25H32NO3. The lowest BCUT2D eigenvalue weighted by atomic mass is 9.88. The van der Waals surface area contributed by atoms with E-state index in [-0.39, 0.29) is 17.3 Å². The normalized spacial score (nSPS) is 30.3. The second kappa shape index (κ2) is 10.9. The van der Waals surface area contributed by atoms with Crippen molar-refractivity contribution in [1.29, 1.82) is 0 Å². The number of Topliss-reactive ketones (excluding diaryl/α,β-unsaturated/α-hetero) is 1. The first-order valence-electron chi connectivity index (χ1n) is 10.4. The number of carbonyl (C=O) groups excluding carboxylic acids is 3. The minimum absolute atomic E-state index is 0.0671. The molecule has 2 bridgehead atoms. The van der Waals surface area contributed by atoms with E-state index in [9.17, 15) is 14.4 Å². The van der Waals surface area contributed by atoms with Crippen LogP contribution in [0.2, 0.25) is 0 Å². The fourth-order valence-electron chi connectivity index (χ4n) is 3.70. The summed E-state index contributed by atoms with van der Waals surface area (Å²) >= 11 is 0. The van der Waals surface area contributed by atoms with Crippen LogP contribution in [-0.4, -0.2) is 17.5 Å². The van der Waals surface area contributed by atoms with Crippen LogP contribution in [0, 0.1) is 18.3 Å². The Morgan fingerprint density at radius 2 is 1.72 bits per heavy atom. The highest BCUT2D eigenvalue weighted by atomic mass is 16.2. The number of hydrogen-bond donors (Lipinski definition) is 1. The van der Waals surface area contributed by atoms with Crippen molar-refractivity contribution in [2.24, 2.45) is 11.8 Å². The van der Waals surface area contributed by atoms with Gasteiger partial charge in [-0.15, -0.1) is 0 Å². The minimum Gasteiger partial charge on any atom is -0.319 e. The lowest BCUT2D eigenvalue weighted by Gasteiger charge is -2.18. The summed E-state index contributed by atoms with van der Waals surface area (Å²) in [5.74, 6) is -0.116. The lowest BCUT2D eigenvalue weighted by Crippen LogP contribution is -2.30. The molecule has 0 saturated carbocycles. The molecule has 4 heteroatoms. The van der Waals surface area contributed by atoms with Crippen molar-refractivity contribution in [3.05, 3.63) is 65.3 Å². The quantitative estimate of drug-likeness (QED) is 0.591. The summed E-state index contributed by atoms with van der Waals surface area (Å²) in [7, 11) is 0. The Morgan fingerprint density at radius 3 is 2.48 bits per heavy atom. The predicted molar refractivity (Wildman–Crippen MR) is 117 cm³/mol. The molecule has 0 spiro atoms. The third-order valence-corrected chi connectivity index (χ3v) is 5.18. The van der Waals surface area contributed by atoms with E-state index in [0.29, 0.717) is 23.8 Å². The van der Waals surface area contributed by atoms with Gasteiger partial charge in [-0.05, 0) is 63.0 Å². The van der Waals surface area contributed by atoms with Crippen LogP contribution in [0.15, 0.2) is 58.9 Å². The van der Waals surface area contributed by atoms with Crippen LogP contribution >= 0.6 is 0 Å². The molecule has 1 N–H and O–H groups in total. The summed E-state index contributed by atoms with van der Waals surface area (Å²) in [5, 5.41) is 2.58. The Hall–Kier alpha value is -2.49. The molecule has 2 unspecified atom stereocenters. The van der Waals surface area contributed by atoms with Crippen LogP contribution in [-0.2, 0) is 14.4 Å². The van der Waals surface area contributed by atoms with Gasteiger partial charge in [0.1, 0.15) is 0 Å². The van der Waals surface area contributed by atoms with Gasteiger partial charge in [-0.2, -0.15) is 0 Å². The molecule has 155 valence electrons. The Kier molecular flexibility index (Phi) is 8.56. The summed E-state index contributed by atoms with van der Waals surface area (Å²) in [6.45, 7) is 8.29. The first-order valence-corrected chi connectivity index (χ1v) is 10.4. The van der Waals surface area contributed by atoms with Crippen LogP contribution in [0.5, 0.6) is 0 Å². The number of carbonyl (C=O) groups is 3. The number of amides is 1. The second-order valence-corrected chi connectivity index (χ2v) is 8.31. The molecule has 29 heavy (non-hydrogen) atoms. The van der Waals surface area contributed by atoms with E-state index in [1.54, 1.807) is 0 Å². The molecule has 2 aliphatic rings. The second-order valence-electron chi connectivity index (χ2n) is 8.31. The molecule has 0 fully saturated rings. The molecule has 1 aliphatic carbocycles. The molecule has 1 amide bonds. The number of nitrogens with one attached hydrogen (secondary N) is 1. The number of hydrogen-bond acceptors (Lipinski definition) is 3. The standard InChI is InChI=1S/C25H32NO3/c1-17-8-5-6-9-20(4)14-24(28)26-23-16-22(27)15-21(25(23)29)13-19(3)11-7-10-18(2)12-17/h6,8-9,12,14-16,18-19H,5,7,10-11,13H2,1-4H3,(H,26,28)/b9-6+,17-12+,20-14+. The first-order chi connectivity index (χ1) is 13.7. The Balaban J connectivity index is 2.21. The van der Waals surface area contributed by atoms with Crippen LogP contribution in [0.1, 0.15) is 59.8 Å². The molecule has 1 aliphatic heterocycles. The van der Waals surface area contributed by atoms with Gasteiger partial charge in [0, 0.05) is 17.7 Å². The van der Waals surface area contributed by atoms with E-state index < -0.39 is 5.91 Å². The SMILES string of the molecule is C/C1=C\C(C)CCCC(C)CC2=CC(=O)C=C(NC(=O)/C=C(C)/C=C/C[CH]1)C2=O. The highest BCUT2D eigenvalue weighted by Gasteiger charge is 2.24. The molecular weight excluding hydrogens is 362 g/mol. The van der Waals surface area contributed by atoms with Crippen LogP contribution in [0.3, 0.4) is 0 Å². The van der Waals surface area contributed by atoms with E-state index in [2.05, 4.69) is 38.6 Å². The molecule has 4 nitrogen and oxygen atoms in total. The molecule has 2 atom stereocenters. The maximum atomic E-state index is 12.7. The maximum Gasteiger partial charge on any atom is 0.248 e. The van der Waals surface area contributed by atoms with Gasteiger partial charge in [-0.25, -0.2) is 0 Å². The molecule has 0 aromatic rings.